The lowest BCUT2D eigenvalue weighted by atomic mass is 9.97. The Morgan fingerprint density at radius 3 is 1.95 bits per heavy atom. The largest absolute Gasteiger partial charge is 0.394 e. The second-order valence-corrected chi connectivity index (χ2v) is 10.1. The first-order valence-corrected chi connectivity index (χ1v) is 14.4. The molecule has 1 aliphatic heterocycles. The van der Waals surface area contributed by atoms with Crippen LogP contribution in [0, 0.1) is 0 Å². The molecule has 0 aliphatic carbocycles. The first kappa shape index (κ1) is 37.3. The molecule has 0 saturated carbocycles. The maximum Gasteiger partial charge on any atom is 0.222 e. The molecule has 4 amide bonds. The summed E-state index contributed by atoms with van der Waals surface area (Å²) in [6, 6.07) is -1.01. The van der Waals surface area contributed by atoms with Crippen LogP contribution in [0.25, 0.3) is 0 Å². The summed E-state index contributed by atoms with van der Waals surface area (Å²) in [6.45, 7) is 4.02. The maximum absolute atomic E-state index is 12.0. The van der Waals surface area contributed by atoms with Gasteiger partial charge in [-0.15, -0.1) is 0 Å². The minimum Gasteiger partial charge on any atom is -0.394 e. The number of aliphatic hydroxyl groups excluding tert-OH is 3. The third-order valence-corrected chi connectivity index (χ3v) is 6.30. The molecule has 5 atom stereocenters. The molecular formula is C27H48N4O11. The maximum atomic E-state index is 12.0. The average Bonchev–Trinajstić information content (AvgIpc) is 2.93. The molecule has 0 radical (unpaired) electrons. The summed E-state index contributed by atoms with van der Waals surface area (Å²) in [7, 11) is 0. The zero-order chi connectivity index (χ0) is 31.3. The lowest BCUT2D eigenvalue weighted by molar-refractivity contribution is -0.270. The third-order valence-electron chi connectivity index (χ3n) is 6.30. The number of amides is 4. The van der Waals surface area contributed by atoms with Crippen molar-refractivity contribution < 1.29 is 53.5 Å². The predicted molar refractivity (Wildman–Crippen MR) is 149 cm³/mol. The minimum atomic E-state index is -1.38. The Balaban J connectivity index is 2.04. The van der Waals surface area contributed by atoms with Crippen molar-refractivity contribution in [2.24, 2.45) is 0 Å². The number of carbonyl (C=O) groups excluding carboxylic acids is 5. The summed E-state index contributed by atoms with van der Waals surface area (Å²) in [5.41, 5.74) is 0. The molecule has 0 spiro atoms. The van der Waals surface area contributed by atoms with Gasteiger partial charge in [0.1, 0.15) is 30.1 Å². The van der Waals surface area contributed by atoms with Gasteiger partial charge in [-0.3, -0.25) is 19.2 Å². The van der Waals surface area contributed by atoms with Crippen molar-refractivity contribution in [1.82, 2.24) is 21.3 Å². The fraction of sp³-hybridized carbons (Fsp3) is 0.815. The Hall–Kier alpha value is -2.69. The topological polar surface area (TPSA) is 222 Å². The van der Waals surface area contributed by atoms with Crippen LogP contribution in [0.4, 0.5) is 0 Å². The summed E-state index contributed by atoms with van der Waals surface area (Å²) in [5, 5.41) is 40.3. The van der Waals surface area contributed by atoms with E-state index in [2.05, 4.69) is 21.3 Å². The molecular weight excluding hydrogens is 556 g/mol. The highest BCUT2D eigenvalue weighted by Gasteiger charge is 2.45. The van der Waals surface area contributed by atoms with Crippen LogP contribution in [-0.4, -0.2) is 121 Å². The van der Waals surface area contributed by atoms with Gasteiger partial charge >= 0.3 is 0 Å². The molecule has 5 unspecified atom stereocenters. The van der Waals surface area contributed by atoms with Crippen molar-refractivity contribution in [3.63, 3.8) is 0 Å². The van der Waals surface area contributed by atoms with Gasteiger partial charge in [0.2, 0.25) is 23.6 Å². The molecule has 0 bridgehead atoms. The van der Waals surface area contributed by atoms with Crippen LogP contribution in [0.3, 0.4) is 0 Å². The number of hydrogen-bond acceptors (Lipinski definition) is 11. The predicted octanol–water partition coefficient (Wildman–Crippen LogP) is -1.98. The van der Waals surface area contributed by atoms with Crippen LogP contribution in [-0.2, 0) is 38.2 Å². The fourth-order valence-electron chi connectivity index (χ4n) is 4.04. The SMILES string of the molecule is CC(=O)CCCC(=O)NCCOCCC(=O)NCCCNC(=O)CCCCOC1OC(CO)C(O)C(O)C1NC(C)=O. The van der Waals surface area contributed by atoms with Crippen LogP contribution in [0.5, 0.6) is 0 Å². The number of ether oxygens (including phenoxy) is 3. The number of carbonyl (C=O) groups is 5. The van der Waals surface area contributed by atoms with E-state index in [0.717, 1.165) is 0 Å². The van der Waals surface area contributed by atoms with Gasteiger partial charge in [-0.1, -0.05) is 0 Å². The van der Waals surface area contributed by atoms with E-state index >= 15 is 0 Å². The Bertz CT molecular complexity index is 845. The number of rotatable bonds is 22. The van der Waals surface area contributed by atoms with Gasteiger partial charge in [-0.2, -0.15) is 0 Å². The van der Waals surface area contributed by atoms with E-state index in [9.17, 15) is 39.3 Å². The highest BCUT2D eigenvalue weighted by atomic mass is 16.7. The number of Topliss-reactive ketones (excluding diaryl/α,β-unsaturated/α-hetero) is 1. The van der Waals surface area contributed by atoms with E-state index < -0.39 is 43.2 Å². The Kier molecular flexibility index (Phi) is 19.5. The van der Waals surface area contributed by atoms with Crippen molar-refractivity contribution in [2.45, 2.75) is 95.9 Å². The molecule has 1 aliphatic rings. The second kappa shape index (κ2) is 21.9. The smallest absolute Gasteiger partial charge is 0.222 e. The van der Waals surface area contributed by atoms with Crippen molar-refractivity contribution in [1.29, 1.82) is 0 Å². The van der Waals surface area contributed by atoms with Crippen LogP contribution < -0.4 is 21.3 Å². The van der Waals surface area contributed by atoms with E-state index in [4.69, 9.17) is 14.2 Å². The molecule has 242 valence electrons. The second-order valence-electron chi connectivity index (χ2n) is 10.1. The van der Waals surface area contributed by atoms with E-state index in [1.807, 2.05) is 0 Å². The van der Waals surface area contributed by atoms with Gasteiger partial charge in [-0.05, 0) is 32.6 Å². The first-order valence-electron chi connectivity index (χ1n) is 14.4. The molecule has 1 rings (SSSR count). The minimum absolute atomic E-state index is 0.0563. The number of hydrogen-bond donors (Lipinski definition) is 7. The molecule has 1 fully saturated rings. The molecule has 1 heterocycles. The molecule has 1 saturated heterocycles. The number of ketones is 1. The Morgan fingerprint density at radius 1 is 0.714 bits per heavy atom. The van der Waals surface area contributed by atoms with Gasteiger partial charge in [0, 0.05) is 58.8 Å². The molecule has 15 heteroatoms. The van der Waals surface area contributed by atoms with Crippen molar-refractivity contribution in [3.8, 4) is 0 Å². The van der Waals surface area contributed by atoms with Gasteiger partial charge in [0.05, 0.1) is 19.8 Å². The van der Waals surface area contributed by atoms with E-state index in [0.29, 0.717) is 58.2 Å². The molecule has 0 aromatic carbocycles. The summed E-state index contributed by atoms with van der Waals surface area (Å²) < 4.78 is 16.4. The zero-order valence-electron chi connectivity index (χ0n) is 24.6. The van der Waals surface area contributed by atoms with Gasteiger partial charge in [-0.25, -0.2) is 0 Å². The summed E-state index contributed by atoms with van der Waals surface area (Å²) in [4.78, 5) is 57.8. The zero-order valence-corrected chi connectivity index (χ0v) is 24.6. The Labute approximate surface area is 246 Å². The van der Waals surface area contributed by atoms with Gasteiger partial charge < -0.3 is 55.6 Å². The van der Waals surface area contributed by atoms with Crippen molar-refractivity contribution in [3.05, 3.63) is 0 Å². The van der Waals surface area contributed by atoms with Crippen LogP contribution >= 0.6 is 0 Å². The lowest BCUT2D eigenvalue weighted by Crippen LogP contribution is -2.64. The number of nitrogens with one attached hydrogen (secondary N) is 4. The van der Waals surface area contributed by atoms with Gasteiger partial charge in [0.15, 0.2) is 6.29 Å². The normalized spacial score (nSPS) is 21.8. The van der Waals surface area contributed by atoms with E-state index in [1.54, 1.807) is 0 Å². The summed E-state index contributed by atoms with van der Waals surface area (Å²) in [6.07, 6.45) is -1.68. The quantitative estimate of drug-likeness (QED) is 0.0671. The van der Waals surface area contributed by atoms with Crippen molar-refractivity contribution >= 4 is 29.4 Å². The average molecular weight is 605 g/mol. The van der Waals surface area contributed by atoms with E-state index in [1.165, 1.54) is 13.8 Å². The Morgan fingerprint density at radius 2 is 1.33 bits per heavy atom. The van der Waals surface area contributed by atoms with Crippen LogP contribution in [0.15, 0.2) is 0 Å². The molecule has 42 heavy (non-hydrogen) atoms. The molecule has 0 aromatic rings. The monoisotopic (exact) mass is 604 g/mol. The summed E-state index contributed by atoms with van der Waals surface area (Å²) in [5.74, 6) is -0.845. The highest BCUT2D eigenvalue weighted by molar-refractivity contribution is 5.78. The van der Waals surface area contributed by atoms with Gasteiger partial charge in [0.25, 0.3) is 0 Å². The lowest BCUT2D eigenvalue weighted by Gasteiger charge is -2.42. The number of aliphatic hydroxyl groups is 3. The summed E-state index contributed by atoms with van der Waals surface area (Å²) >= 11 is 0. The molecule has 0 aromatic heterocycles. The molecule has 7 N–H and O–H groups in total. The fourth-order valence-corrected chi connectivity index (χ4v) is 4.04. The standard InChI is InChI=1S/C27H48N4O11/c1-18(33)7-5-9-22(36)30-13-16-40-15-10-23(37)29-12-6-11-28-21(35)8-3-4-14-41-27-24(31-19(2)34)26(39)25(38)20(17-32)42-27/h20,24-27,32,38-39H,3-17H2,1-2H3,(H,28,35)(H,29,37)(H,30,36)(H,31,34). The first-order chi connectivity index (χ1) is 20.0. The van der Waals surface area contributed by atoms with Crippen LogP contribution in [0.1, 0.15) is 65.2 Å². The van der Waals surface area contributed by atoms with Crippen molar-refractivity contribution in [2.75, 3.05) is 46.1 Å². The van der Waals surface area contributed by atoms with Crippen LogP contribution in [0.2, 0.25) is 0 Å². The number of unbranched alkanes of at least 4 members (excludes halogenated alkanes) is 1. The third kappa shape index (κ3) is 16.7. The van der Waals surface area contributed by atoms with E-state index in [-0.39, 0.29) is 56.2 Å². The molecule has 15 nitrogen and oxygen atoms in total. The highest BCUT2D eigenvalue weighted by Crippen LogP contribution is 2.22.